The monoisotopic (exact) mass is 351 g/mol. The van der Waals surface area contributed by atoms with Crippen molar-refractivity contribution >= 4 is 23.0 Å². The molecule has 138 valence electrons. The van der Waals surface area contributed by atoms with E-state index in [0.717, 1.165) is 37.4 Å². The standard InChI is InChI=1S/C22H29N3O/c1-4-24(5-2)19-10-11-20(17(3)16-19)23-14-12-22(26)25-15-13-18-8-6-7-9-21(18)25/h6-11,16,23H,4-5,12-15H2,1-3H3. The SMILES string of the molecule is CCN(CC)c1ccc(NCCC(=O)N2CCc3ccccc32)c(C)c1. The Morgan fingerprint density at radius 3 is 2.65 bits per heavy atom. The van der Waals surface area contributed by atoms with Crippen LogP contribution in [0.5, 0.6) is 0 Å². The summed E-state index contributed by atoms with van der Waals surface area (Å²) in [6.45, 7) is 9.94. The maximum absolute atomic E-state index is 12.6. The van der Waals surface area contributed by atoms with Gasteiger partial charge in [0, 0.05) is 49.7 Å². The molecule has 0 saturated heterocycles. The molecule has 0 aliphatic carbocycles. The molecule has 1 heterocycles. The minimum Gasteiger partial charge on any atom is -0.384 e. The fourth-order valence-electron chi connectivity index (χ4n) is 3.67. The van der Waals surface area contributed by atoms with Crippen molar-refractivity contribution in [1.82, 2.24) is 0 Å². The Balaban J connectivity index is 1.56. The smallest absolute Gasteiger partial charge is 0.228 e. The van der Waals surface area contributed by atoms with Crippen molar-refractivity contribution in [2.45, 2.75) is 33.6 Å². The van der Waals surface area contributed by atoms with E-state index in [-0.39, 0.29) is 5.91 Å². The van der Waals surface area contributed by atoms with Gasteiger partial charge in [0.1, 0.15) is 0 Å². The van der Waals surface area contributed by atoms with Crippen LogP contribution in [0.2, 0.25) is 0 Å². The van der Waals surface area contributed by atoms with E-state index in [4.69, 9.17) is 0 Å². The number of carbonyl (C=O) groups excluding carboxylic acids is 1. The lowest BCUT2D eigenvalue weighted by molar-refractivity contribution is -0.118. The van der Waals surface area contributed by atoms with Gasteiger partial charge in [-0.3, -0.25) is 4.79 Å². The van der Waals surface area contributed by atoms with E-state index in [2.05, 4.69) is 55.3 Å². The van der Waals surface area contributed by atoms with Crippen LogP contribution in [0.1, 0.15) is 31.4 Å². The second-order valence-corrected chi connectivity index (χ2v) is 6.77. The first-order valence-corrected chi connectivity index (χ1v) is 9.61. The highest BCUT2D eigenvalue weighted by atomic mass is 16.2. The number of nitrogens with one attached hydrogen (secondary N) is 1. The molecular formula is C22H29N3O. The van der Waals surface area contributed by atoms with Crippen LogP contribution in [0.15, 0.2) is 42.5 Å². The molecule has 1 aliphatic rings. The Labute approximate surface area is 156 Å². The number of anilines is 3. The normalized spacial score (nSPS) is 12.8. The van der Waals surface area contributed by atoms with Crippen LogP contribution >= 0.6 is 0 Å². The van der Waals surface area contributed by atoms with Gasteiger partial charge in [-0.15, -0.1) is 0 Å². The molecule has 0 spiro atoms. The highest BCUT2D eigenvalue weighted by Gasteiger charge is 2.23. The number of fused-ring (bicyclic) bond motifs is 1. The van der Waals surface area contributed by atoms with Crippen LogP contribution in [0, 0.1) is 6.92 Å². The van der Waals surface area contributed by atoms with E-state index in [9.17, 15) is 4.79 Å². The van der Waals surface area contributed by atoms with Crippen LogP contribution in [-0.2, 0) is 11.2 Å². The molecule has 26 heavy (non-hydrogen) atoms. The van der Waals surface area contributed by atoms with E-state index < -0.39 is 0 Å². The summed E-state index contributed by atoms with van der Waals surface area (Å²) in [5.41, 5.74) is 5.93. The zero-order valence-corrected chi connectivity index (χ0v) is 16.1. The fourth-order valence-corrected chi connectivity index (χ4v) is 3.67. The van der Waals surface area contributed by atoms with Crippen molar-refractivity contribution in [3.63, 3.8) is 0 Å². The van der Waals surface area contributed by atoms with Gasteiger partial charge in [0.25, 0.3) is 0 Å². The zero-order chi connectivity index (χ0) is 18.5. The van der Waals surface area contributed by atoms with E-state index in [1.807, 2.05) is 23.1 Å². The van der Waals surface area contributed by atoms with Crippen LogP contribution < -0.4 is 15.1 Å². The summed E-state index contributed by atoms with van der Waals surface area (Å²) in [6, 6.07) is 14.7. The number of hydrogen-bond donors (Lipinski definition) is 1. The number of hydrogen-bond acceptors (Lipinski definition) is 3. The molecule has 2 aromatic rings. The second-order valence-electron chi connectivity index (χ2n) is 6.77. The molecule has 0 aromatic heterocycles. The molecule has 2 aromatic carbocycles. The maximum atomic E-state index is 12.6. The number of para-hydroxylation sites is 1. The van der Waals surface area contributed by atoms with Crippen molar-refractivity contribution < 1.29 is 4.79 Å². The largest absolute Gasteiger partial charge is 0.384 e. The average molecular weight is 351 g/mol. The van der Waals surface area contributed by atoms with E-state index in [0.29, 0.717) is 13.0 Å². The molecule has 0 unspecified atom stereocenters. The van der Waals surface area contributed by atoms with Crippen molar-refractivity contribution in [3.05, 3.63) is 53.6 Å². The van der Waals surface area contributed by atoms with Gasteiger partial charge in [0.15, 0.2) is 0 Å². The summed E-state index contributed by atoms with van der Waals surface area (Å²) in [5.74, 6) is 0.194. The number of amides is 1. The molecule has 1 amide bonds. The molecule has 0 fully saturated rings. The second kappa shape index (κ2) is 8.26. The third-order valence-electron chi connectivity index (χ3n) is 5.18. The fraction of sp³-hybridized carbons (Fsp3) is 0.409. The van der Waals surface area contributed by atoms with Gasteiger partial charge < -0.3 is 15.1 Å². The Hall–Kier alpha value is -2.49. The minimum atomic E-state index is 0.194. The number of aryl methyl sites for hydroxylation is 1. The molecule has 0 radical (unpaired) electrons. The van der Waals surface area contributed by atoms with Gasteiger partial charge in [-0.1, -0.05) is 18.2 Å². The number of carbonyl (C=O) groups is 1. The average Bonchev–Trinajstić information content (AvgIpc) is 3.08. The van der Waals surface area contributed by atoms with Crippen LogP contribution in [0.4, 0.5) is 17.1 Å². The lowest BCUT2D eigenvalue weighted by Gasteiger charge is -2.22. The van der Waals surface area contributed by atoms with Crippen molar-refractivity contribution in [1.29, 1.82) is 0 Å². The maximum Gasteiger partial charge on any atom is 0.228 e. The van der Waals surface area contributed by atoms with Gasteiger partial charge in [0.2, 0.25) is 5.91 Å². The summed E-state index contributed by atoms with van der Waals surface area (Å²) in [6.07, 6.45) is 1.47. The number of nitrogens with zero attached hydrogens (tertiary/aromatic N) is 2. The molecule has 0 bridgehead atoms. The van der Waals surface area contributed by atoms with Crippen molar-refractivity contribution in [2.24, 2.45) is 0 Å². The predicted molar refractivity (Wildman–Crippen MR) is 110 cm³/mol. The highest BCUT2D eigenvalue weighted by molar-refractivity contribution is 5.95. The summed E-state index contributed by atoms with van der Waals surface area (Å²) >= 11 is 0. The molecule has 4 heteroatoms. The number of benzene rings is 2. The molecule has 1 aliphatic heterocycles. The lowest BCUT2D eigenvalue weighted by Crippen LogP contribution is -2.30. The molecule has 4 nitrogen and oxygen atoms in total. The Kier molecular flexibility index (Phi) is 5.82. The molecule has 3 rings (SSSR count). The van der Waals surface area contributed by atoms with Gasteiger partial charge >= 0.3 is 0 Å². The summed E-state index contributed by atoms with van der Waals surface area (Å²) in [7, 11) is 0. The zero-order valence-electron chi connectivity index (χ0n) is 16.1. The Morgan fingerprint density at radius 1 is 1.15 bits per heavy atom. The van der Waals surface area contributed by atoms with Gasteiger partial charge in [-0.2, -0.15) is 0 Å². The van der Waals surface area contributed by atoms with Gasteiger partial charge in [-0.25, -0.2) is 0 Å². The topological polar surface area (TPSA) is 35.6 Å². The van der Waals surface area contributed by atoms with Gasteiger partial charge in [0.05, 0.1) is 0 Å². The van der Waals surface area contributed by atoms with E-state index >= 15 is 0 Å². The first kappa shape index (κ1) is 18.3. The van der Waals surface area contributed by atoms with Gasteiger partial charge in [-0.05, 0) is 62.6 Å². The highest BCUT2D eigenvalue weighted by Crippen LogP contribution is 2.28. The summed E-state index contributed by atoms with van der Waals surface area (Å²) in [4.78, 5) is 16.8. The number of rotatable bonds is 7. The third-order valence-corrected chi connectivity index (χ3v) is 5.18. The quantitative estimate of drug-likeness (QED) is 0.811. The van der Waals surface area contributed by atoms with Crippen LogP contribution in [0.3, 0.4) is 0 Å². The van der Waals surface area contributed by atoms with E-state index in [1.165, 1.54) is 16.8 Å². The molecule has 1 N–H and O–H groups in total. The predicted octanol–water partition coefficient (Wildman–Crippen LogP) is 4.23. The summed E-state index contributed by atoms with van der Waals surface area (Å²) < 4.78 is 0. The van der Waals surface area contributed by atoms with Crippen molar-refractivity contribution in [2.75, 3.05) is 41.3 Å². The van der Waals surface area contributed by atoms with Crippen LogP contribution in [-0.4, -0.2) is 32.1 Å². The Morgan fingerprint density at radius 2 is 1.92 bits per heavy atom. The third kappa shape index (κ3) is 3.85. The van der Waals surface area contributed by atoms with Crippen LogP contribution in [0.25, 0.3) is 0 Å². The first-order valence-electron chi connectivity index (χ1n) is 9.61. The first-order chi connectivity index (χ1) is 12.6. The van der Waals surface area contributed by atoms with Crippen molar-refractivity contribution in [3.8, 4) is 0 Å². The summed E-state index contributed by atoms with van der Waals surface area (Å²) in [5, 5.41) is 3.43. The minimum absolute atomic E-state index is 0.194. The molecule has 0 atom stereocenters. The Bertz CT molecular complexity index is 768. The molecule has 0 saturated carbocycles. The van der Waals surface area contributed by atoms with E-state index in [1.54, 1.807) is 0 Å². The lowest BCUT2D eigenvalue weighted by atomic mass is 10.1. The molecular weight excluding hydrogens is 322 g/mol.